The largest absolute Gasteiger partial charge is 0.497 e. The molecule has 0 saturated heterocycles. The molecule has 2 aromatic carbocycles. The highest BCUT2D eigenvalue weighted by Gasteiger charge is 2.20. The van der Waals surface area contributed by atoms with E-state index in [9.17, 15) is 14.4 Å². The molecule has 0 aliphatic carbocycles. The molecule has 0 saturated carbocycles. The first-order valence-corrected chi connectivity index (χ1v) is 12.3. The van der Waals surface area contributed by atoms with Gasteiger partial charge < -0.3 is 24.7 Å². The number of anilines is 1. The molecule has 2 amide bonds. The standard InChI is InChI=1S/C25H29N5O5S/c1-5-30-23(16(2)26-21(31)14-17-6-12-20(34-3)13-7-17)28-29-25(30)36-15-22(32)27-19-10-8-18(9-11-19)24(33)35-4/h6-13,16H,5,14-15H2,1-4H3,(H,26,31)(H,27,32)/t16-/m0/s1. The number of rotatable bonds is 11. The lowest BCUT2D eigenvalue weighted by Crippen LogP contribution is -2.30. The summed E-state index contributed by atoms with van der Waals surface area (Å²) in [6, 6.07) is 13.4. The fourth-order valence-corrected chi connectivity index (χ4v) is 4.25. The second kappa shape index (κ2) is 12.7. The summed E-state index contributed by atoms with van der Waals surface area (Å²) in [5.74, 6) is 0.670. The van der Waals surface area contributed by atoms with E-state index in [-0.39, 0.29) is 30.0 Å². The number of hydrogen-bond donors (Lipinski definition) is 2. The highest BCUT2D eigenvalue weighted by molar-refractivity contribution is 7.99. The van der Waals surface area contributed by atoms with Gasteiger partial charge in [0, 0.05) is 12.2 Å². The van der Waals surface area contributed by atoms with Crippen LogP contribution in [0.2, 0.25) is 0 Å². The van der Waals surface area contributed by atoms with Gasteiger partial charge in [0.25, 0.3) is 0 Å². The van der Waals surface area contributed by atoms with Crippen molar-refractivity contribution < 1.29 is 23.9 Å². The predicted molar refractivity (Wildman–Crippen MR) is 136 cm³/mol. The fraction of sp³-hybridized carbons (Fsp3) is 0.320. The second-order valence-corrected chi connectivity index (χ2v) is 8.75. The van der Waals surface area contributed by atoms with Crippen LogP contribution in [-0.2, 0) is 27.3 Å². The number of ether oxygens (including phenoxy) is 2. The van der Waals surface area contributed by atoms with Crippen LogP contribution in [-0.4, -0.2) is 52.5 Å². The van der Waals surface area contributed by atoms with E-state index in [0.29, 0.717) is 28.8 Å². The minimum atomic E-state index is -0.440. The molecule has 11 heteroatoms. The molecule has 1 aromatic heterocycles. The smallest absolute Gasteiger partial charge is 0.337 e. The average molecular weight is 512 g/mol. The van der Waals surface area contributed by atoms with Gasteiger partial charge in [0.2, 0.25) is 11.8 Å². The third-order valence-electron chi connectivity index (χ3n) is 5.27. The second-order valence-electron chi connectivity index (χ2n) is 7.80. The summed E-state index contributed by atoms with van der Waals surface area (Å²) in [6.07, 6.45) is 0.233. The Morgan fingerprint density at radius 3 is 2.31 bits per heavy atom. The summed E-state index contributed by atoms with van der Waals surface area (Å²) in [5.41, 5.74) is 1.84. The van der Waals surface area contributed by atoms with Crippen LogP contribution in [0.5, 0.6) is 5.75 Å². The quantitative estimate of drug-likeness (QED) is 0.297. The SMILES string of the molecule is CCn1c(SCC(=O)Nc2ccc(C(=O)OC)cc2)nnc1[C@H](C)NC(=O)Cc1ccc(OC)cc1. The number of nitrogens with zero attached hydrogens (tertiary/aromatic N) is 3. The minimum Gasteiger partial charge on any atom is -0.497 e. The van der Waals surface area contributed by atoms with Gasteiger partial charge in [0.05, 0.1) is 38.0 Å². The molecule has 3 aromatic rings. The minimum absolute atomic E-state index is 0.120. The molecule has 0 bridgehead atoms. The molecule has 190 valence electrons. The lowest BCUT2D eigenvalue weighted by Gasteiger charge is -2.15. The number of aromatic nitrogens is 3. The third kappa shape index (κ3) is 7.08. The van der Waals surface area contributed by atoms with Crippen LogP contribution >= 0.6 is 11.8 Å². The van der Waals surface area contributed by atoms with E-state index >= 15 is 0 Å². The first kappa shape index (κ1) is 26.7. The van der Waals surface area contributed by atoms with Gasteiger partial charge in [-0.05, 0) is 55.8 Å². The van der Waals surface area contributed by atoms with Gasteiger partial charge in [-0.15, -0.1) is 10.2 Å². The Kier molecular flexibility index (Phi) is 9.46. The first-order valence-electron chi connectivity index (χ1n) is 11.3. The van der Waals surface area contributed by atoms with Crippen molar-refractivity contribution in [3.63, 3.8) is 0 Å². The Labute approximate surface area is 213 Å². The number of thioether (sulfide) groups is 1. The topological polar surface area (TPSA) is 124 Å². The van der Waals surface area contributed by atoms with Crippen molar-refractivity contribution in [2.75, 3.05) is 25.3 Å². The Morgan fingerprint density at radius 2 is 1.69 bits per heavy atom. The molecular weight excluding hydrogens is 482 g/mol. The summed E-state index contributed by atoms with van der Waals surface area (Å²) in [6.45, 7) is 4.38. The van der Waals surface area contributed by atoms with Crippen molar-refractivity contribution in [1.82, 2.24) is 20.1 Å². The molecular formula is C25H29N5O5S. The van der Waals surface area contributed by atoms with E-state index in [4.69, 9.17) is 4.74 Å². The fourth-order valence-electron chi connectivity index (χ4n) is 3.44. The zero-order valence-corrected chi connectivity index (χ0v) is 21.4. The highest BCUT2D eigenvalue weighted by atomic mass is 32.2. The van der Waals surface area contributed by atoms with Gasteiger partial charge in [-0.25, -0.2) is 4.79 Å². The van der Waals surface area contributed by atoms with Crippen LogP contribution in [0.15, 0.2) is 53.7 Å². The number of benzene rings is 2. The maximum absolute atomic E-state index is 12.5. The molecule has 0 aliphatic rings. The summed E-state index contributed by atoms with van der Waals surface area (Å²) in [7, 11) is 2.91. The third-order valence-corrected chi connectivity index (χ3v) is 6.24. The van der Waals surface area contributed by atoms with Crippen LogP contribution < -0.4 is 15.4 Å². The molecule has 2 N–H and O–H groups in total. The average Bonchev–Trinajstić information content (AvgIpc) is 3.31. The molecule has 0 spiro atoms. The zero-order chi connectivity index (χ0) is 26.1. The highest BCUT2D eigenvalue weighted by Crippen LogP contribution is 2.21. The maximum atomic E-state index is 12.5. The van der Waals surface area contributed by atoms with Gasteiger partial charge >= 0.3 is 5.97 Å². The molecule has 1 atom stereocenters. The lowest BCUT2D eigenvalue weighted by atomic mass is 10.1. The van der Waals surface area contributed by atoms with Crippen LogP contribution in [0.1, 0.15) is 41.6 Å². The van der Waals surface area contributed by atoms with Gasteiger partial charge in [0.1, 0.15) is 5.75 Å². The van der Waals surface area contributed by atoms with Crippen LogP contribution in [0.25, 0.3) is 0 Å². The van der Waals surface area contributed by atoms with E-state index in [1.807, 2.05) is 42.7 Å². The molecule has 10 nitrogen and oxygen atoms in total. The van der Waals surface area contributed by atoms with E-state index in [2.05, 4.69) is 25.6 Å². The van der Waals surface area contributed by atoms with Crippen molar-refractivity contribution in [2.24, 2.45) is 0 Å². The number of carbonyl (C=O) groups excluding carboxylic acids is 3. The summed E-state index contributed by atoms with van der Waals surface area (Å²) in [5, 5.41) is 14.8. The van der Waals surface area contributed by atoms with E-state index in [0.717, 1.165) is 11.3 Å². The summed E-state index contributed by atoms with van der Waals surface area (Å²) < 4.78 is 11.7. The number of carbonyl (C=O) groups is 3. The van der Waals surface area contributed by atoms with E-state index < -0.39 is 5.97 Å². The van der Waals surface area contributed by atoms with Gasteiger partial charge in [0.15, 0.2) is 11.0 Å². The molecule has 0 fully saturated rings. The Bertz CT molecular complexity index is 1190. The van der Waals surface area contributed by atoms with Crippen molar-refractivity contribution >= 4 is 35.2 Å². The molecule has 0 unspecified atom stereocenters. The lowest BCUT2D eigenvalue weighted by molar-refractivity contribution is -0.121. The summed E-state index contributed by atoms with van der Waals surface area (Å²) >= 11 is 1.25. The zero-order valence-electron chi connectivity index (χ0n) is 20.6. The van der Waals surface area contributed by atoms with Crippen molar-refractivity contribution in [1.29, 1.82) is 0 Å². The number of methoxy groups -OCH3 is 2. The monoisotopic (exact) mass is 511 g/mol. The van der Waals surface area contributed by atoms with Crippen LogP contribution in [0.4, 0.5) is 5.69 Å². The Hall–Kier alpha value is -3.86. The van der Waals surface area contributed by atoms with Crippen molar-refractivity contribution in [3.05, 3.63) is 65.5 Å². The molecule has 3 rings (SSSR count). The van der Waals surface area contributed by atoms with Gasteiger partial charge in [-0.1, -0.05) is 23.9 Å². The van der Waals surface area contributed by atoms with Crippen molar-refractivity contribution in [3.8, 4) is 5.75 Å². The molecule has 0 radical (unpaired) electrons. The summed E-state index contributed by atoms with van der Waals surface area (Å²) in [4.78, 5) is 36.5. The number of nitrogens with one attached hydrogen (secondary N) is 2. The van der Waals surface area contributed by atoms with E-state index in [1.54, 1.807) is 31.4 Å². The maximum Gasteiger partial charge on any atom is 0.337 e. The number of amides is 2. The van der Waals surface area contributed by atoms with Crippen LogP contribution in [0.3, 0.4) is 0 Å². The Morgan fingerprint density at radius 1 is 1.00 bits per heavy atom. The number of hydrogen-bond acceptors (Lipinski definition) is 8. The molecule has 36 heavy (non-hydrogen) atoms. The normalized spacial score (nSPS) is 11.4. The van der Waals surface area contributed by atoms with Gasteiger partial charge in [-0.3, -0.25) is 9.59 Å². The predicted octanol–water partition coefficient (Wildman–Crippen LogP) is 3.24. The van der Waals surface area contributed by atoms with Crippen LogP contribution in [0, 0.1) is 0 Å². The van der Waals surface area contributed by atoms with Gasteiger partial charge in [-0.2, -0.15) is 0 Å². The Balaban J connectivity index is 1.55. The van der Waals surface area contributed by atoms with E-state index in [1.165, 1.54) is 18.9 Å². The first-order chi connectivity index (χ1) is 17.3. The molecule has 0 aliphatic heterocycles. The molecule has 1 heterocycles. The van der Waals surface area contributed by atoms with Crippen molar-refractivity contribution in [2.45, 2.75) is 38.0 Å². The number of esters is 1.